The van der Waals surface area contributed by atoms with E-state index in [1.807, 2.05) is 74.1 Å². The molecule has 174 valence electrons. The van der Waals surface area contributed by atoms with Crippen LogP contribution in [0.5, 0.6) is 0 Å². The summed E-state index contributed by atoms with van der Waals surface area (Å²) < 4.78 is 7.11. The molecule has 0 aliphatic carbocycles. The minimum absolute atomic E-state index is 0.128. The van der Waals surface area contributed by atoms with Gasteiger partial charge in [0.05, 0.1) is 30.8 Å². The number of hydrogen-bond acceptors (Lipinski definition) is 5. The van der Waals surface area contributed by atoms with Gasteiger partial charge in [-0.1, -0.05) is 23.7 Å². The van der Waals surface area contributed by atoms with E-state index in [2.05, 4.69) is 20.9 Å². The molecule has 1 N–H and O–H groups in total. The highest BCUT2D eigenvalue weighted by molar-refractivity contribution is 6.30. The third kappa shape index (κ3) is 4.44. The number of aromatic nitrogens is 3. The summed E-state index contributed by atoms with van der Waals surface area (Å²) in [7, 11) is 3.85. The highest BCUT2D eigenvalue weighted by Crippen LogP contribution is 2.30. The Kier molecular flexibility index (Phi) is 6.13. The Hall–Kier alpha value is -3.55. The van der Waals surface area contributed by atoms with E-state index in [1.165, 1.54) is 0 Å². The first-order chi connectivity index (χ1) is 16.5. The molecule has 5 rings (SSSR count). The van der Waals surface area contributed by atoms with Gasteiger partial charge in [0, 0.05) is 73.4 Å². The van der Waals surface area contributed by atoms with Crippen molar-refractivity contribution in [3.63, 3.8) is 0 Å². The summed E-state index contributed by atoms with van der Waals surface area (Å²) >= 11 is 6.22. The number of nitrogens with zero attached hydrogens (tertiary/aromatic N) is 4. The zero-order chi connectivity index (χ0) is 23.7. The van der Waals surface area contributed by atoms with E-state index in [0.29, 0.717) is 18.2 Å². The molecule has 1 aliphatic rings. The van der Waals surface area contributed by atoms with E-state index < -0.39 is 0 Å². The summed E-state index contributed by atoms with van der Waals surface area (Å²) in [5, 5.41) is 1.61. The highest BCUT2D eigenvalue weighted by Gasteiger charge is 2.16. The highest BCUT2D eigenvalue weighted by atomic mass is 35.5. The Morgan fingerprint density at radius 2 is 2.00 bits per heavy atom. The molecule has 0 atom stereocenters. The molecule has 4 aromatic rings. The van der Waals surface area contributed by atoms with Gasteiger partial charge < -0.3 is 19.5 Å². The number of fused-ring (bicyclic) bond motifs is 1. The number of H-pyrrole nitrogens is 1. The van der Waals surface area contributed by atoms with Gasteiger partial charge in [0.15, 0.2) is 0 Å². The number of anilines is 1. The summed E-state index contributed by atoms with van der Waals surface area (Å²) in [6.07, 6.45) is 7.52. The Balaban J connectivity index is 1.55. The Bertz CT molecular complexity index is 1420. The van der Waals surface area contributed by atoms with E-state index in [9.17, 15) is 4.79 Å². The second-order valence-electron chi connectivity index (χ2n) is 8.50. The fourth-order valence-electron chi connectivity index (χ4n) is 4.24. The average Bonchev–Trinajstić information content (AvgIpc) is 3.26. The molecule has 1 fully saturated rings. The first kappa shape index (κ1) is 22.3. The lowest BCUT2D eigenvalue weighted by molar-refractivity contribution is 0.122. The number of pyridine rings is 2. The molecule has 8 heteroatoms. The van der Waals surface area contributed by atoms with Gasteiger partial charge in [-0.2, -0.15) is 0 Å². The number of benzene rings is 1. The third-order valence-electron chi connectivity index (χ3n) is 5.88. The van der Waals surface area contributed by atoms with Crippen LogP contribution in [-0.2, 0) is 4.74 Å². The van der Waals surface area contributed by atoms with Gasteiger partial charge >= 0.3 is 0 Å². The van der Waals surface area contributed by atoms with Crippen LogP contribution in [-0.4, -0.2) is 59.8 Å². The maximum absolute atomic E-state index is 13.3. The minimum Gasteiger partial charge on any atom is -0.382 e. The quantitative estimate of drug-likeness (QED) is 0.466. The molecule has 34 heavy (non-hydrogen) atoms. The van der Waals surface area contributed by atoms with Gasteiger partial charge in [-0.15, -0.1) is 0 Å². The molecule has 0 amide bonds. The van der Waals surface area contributed by atoms with Crippen LogP contribution in [0.15, 0.2) is 72.0 Å². The Labute approximate surface area is 202 Å². The summed E-state index contributed by atoms with van der Waals surface area (Å²) in [5.41, 5.74) is 5.12. The molecule has 1 aliphatic heterocycles. The first-order valence-electron chi connectivity index (χ1n) is 11.2. The van der Waals surface area contributed by atoms with Crippen LogP contribution < -0.4 is 10.5 Å². The Morgan fingerprint density at radius 1 is 1.18 bits per heavy atom. The fourth-order valence-corrected chi connectivity index (χ4v) is 4.43. The van der Waals surface area contributed by atoms with Crippen LogP contribution in [0, 0.1) is 0 Å². The predicted molar refractivity (Wildman–Crippen MR) is 137 cm³/mol. The van der Waals surface area contributed by atoms with Gasteiger partial charge in [-0.05, 0) is 29.8 Å². The van der Waals surface area contributed by atoms with Crippen molar-refractivity contribution in [2.45, 2.75) is 0 Å². The number of nitrogens with one attached hydrogen (secondary N) is 1. The normalized spacial score (nSPS) is 14.6. The van der Waals surface area contributed by atoms with Crippen LogP contribution in [0.1, 0.15) is 5.56 Å². The molecule has 7 nitrogen and oxygen atoms in total. The van der Waals surface area contributed by atoms with Crippen molar-refractivity contribution in [2.75, 3.05) is 45.3 Å². The van der Waals surface area contributed by atoms with Crippen molar-refractivity contribution < 1.29 is 4.74 Å². The number of halogens is 1. The zero-order valence-corrected chi connectivity index (χ0v) is 19.9. The lowest BCUT2D eigenvalue weighted by Gasteiger charge is -2.28. The molecule has 0 saturated carbocycles. The van der Waals surface area contributed by atoms with Crippen LogP contribution in [0.2, 0.25) is 5.02 Å². The van der Waals surface area contributed by atoms with Gasteiger partial charge in [0.2, 0.25) is 0 Å². The molecule has 0 spiro atoms. The SMILES string of the molecule is CN(C)/C=C(/c1cccc(Cl)c1)n1ccc(-c2c[nH]c3ncc(N4CCOCC4)cc23)cc1=O. The number of ether oxygens (including phenoxy) is 1. The van der Waals surface area contributed by atoms with Crippen LogP contribution >= 0.6 is 11.6 Å². The molecule has 0 radical (unpaired) electrons. The molecular weight excluding hydrogens is 450 g/mol. The summed E-state index contributed by atoms with van der Waals surface area (Å²) in [6, 6.07) is 13.3. The summed E-state index contributed by atoms with van der Waals surface area (Å²) in [5.74, 6) is 0. The maximum atomic E-state index is 13.3. The lowest BCUT2D eigenvalue weighted by atomic mass is 10.1. The second-order valence-corrected chi connectivity index (χ2v) is 8.94. The number of rotatable bonds is 5. The van der Waals surface area contributed by atoms with Gasteiger partial charge in [0.25, 0.3) is 5.56 Å². The molecule has 1 aromatic carbocycles. The monoisotopic (exact) mass is 475 g/mol. The smallest absolute Gasteiger partial charge is 0.255 e. The predicted octanol–water partition coefficient (Wildman–Crippen LogP) is 4.29. The third-order valence-corrected chi connectivity index (χ3v) is 6.12. The topological polar surface area (TPSA) is 66.4 Å². The van der Waals surface area contributed by atoms with Gasteiger partial charge in [-0.25, -0.2) is 4.98 Å². The molecule has 1 saturated heterocycles. The van der Waals surface area contributed by atoms with Crippen LogP contribution in [0.3, 0.4) is 0 Å². The van der Waals surface area contributed by atoms with E-state index >= 15 is 0 Å². The van der Waals surface area contributed by atoms with Crippen molar-refractivity contribution in [2.24, 2.45) is 0 Å². The first-order valence-corrected chi connectivity index (χ1v) is 11.5. The largest absolute Gasteiger partial charge is 0.382 e. The molecular formula is C26H26ClN5O2. The lowest BCUT2D eigenvalue weighted by Crippen LogP contribution is -2.36. The van der Waals surface area contributed by atoms with Gasteiger partial charge in [0.1, 0.15) is 5.65 Å². The Morgan fingerprint density at radius 3 is 2.74 bits per heavy atom. The van der Waals surface area contributed by atoms with Crippen molar-refractivity contribution in [3.05, 3.63) is 88.2 Å². The maximum Gasteiger partial charge on any atom is 0.255 e. The van der Waals surface area contributed by atoms with E-state index in [-0.39, 0.29) is 5.56 Å². The molecule has 0 unspecified atom stereocenters. The van der Waals surface area contributed by atoms with E-state index in [1.54, 1.807) is 10.6 Å². The second kappa shape index (κ2) is 9.37. The minimum atomic E-state index is -0.128. The molecule has 4 heterocycles. The van der Waals surface area contributed by atoms with Crippen molar-refractivity contribution in [3.8, 4) is 11.1 Å². The molecule has 0 bridgehead atoms. The van der Waals surface area contributed by atoms with Crippen LogP contribution in [0.4, 0.5) is 5.69 Å². The standard InChI is InChI=1S/C26H26ClN5O2/c1-30(2)17-24(19-4-3-5-20(27)12-19)32-7-6-18(13-25(32)33)23-16-29-26-22(23)14-21(15-28-26)31-8-10-34-11-9-31/h3-7,12-17H,8-11H2,1-2H3,(H,28,29)/b24-17-. The number of hydrogen-bond donors (Lipinski definition) is 1. The average molecular weight is 476 g/mol. The van der Waals surface area contributed by atoms with Crippen molar-refractivity contribution in [1.82, 2.24) is 19.4 Å². The number of aromatic amines is 1. The fraction of sp³-hybridized carbons (Fsp3) is 0.231. The molecule has 3 aromatic heterocycles. The van der Waals surface area contributed by atoms with Crippen LogP contribution in [0.25, 0.3) is 27.9 Å². The number of morpholine rings is 1. The van der Waals surface area contributed by atoms with E-state index in [0.717, 1.165) is 52.2 Å². The van der Waals surface area contributed by atoms with Gasteiger partial charge in [-0.3, -0.25) is 9.36 Å². The van der Waals surface area contributed by atoms with Crippen molar-refractivity contribution >= 4 is 34.0 Å². The van der Waals surface area contributed by atoms with Crippen molar-refractivity contribution in [1.29, 1.82) is 0 Å². The summed E-state index contributed by atoms with van der Waals surface area (Å²) in [6.45, 7) is 3.11. The zero-order valence-electron chi connectivity index (χ0n) is 19.2. The van der Waals surface area contributed by atoms with E-state index in [4.69, 9.17) is 16.3 Å². The summed E-state index contributed by atoms with van der Waals surface area (Å²) in [4.78, 5) is 25.3.